The Labute approximate surface area is 189 Å². The molecule has 0 saturated heterocycles. The summed E-state index contributed by atoms with van der Waals surface area (Å²) in [7, 11) is 0. The van der Waals surface area contributed by atoms with Gasteiger partial charge in [0.15, 0.2) is 36.2 Å². The second-order valence-electron chi connectivity index (χ2n) is 4.09. The van der Waals surface area contributed by atoms with Crippen LogP contribution >= 0.6 is 0 Å². The molecule has 0 fully saturated rings. The summed E-state index contributed by atoms with van der Waals surface area (Å²) in [5.74, 6) is -1.56. The monoisotopic (exact) mass is 550 g/mol. The van der Waals surface area contributed by atoms with E-state index in [1.165, 1.54) is 73.2 Å². The molecule has 0 bridgehead atoms. The van der Waals surface area contributed by atoms with Crippen molar-refractivity contribution in [2.45, 2.75) is 0 Å². The third-order valence-electron chi connectivity index (χ3n) is 2.37. The molecule has 0 aromatic carbocycles. The maximum Gasteiger partial charge on any atom is 3.00 e. The molecule has 13 heteroatoms. The van der Waals surface area contributed by atoms with Gasteiger partial charge in [0.2, 0.25) is 0 Å². The van der Waals surface area contributed by atoms with Crippen LogP contribution in [0.2, 0.25) is 0 Å². The summed E-state index contributed by atoms with van der Waals surface area (Å²) in [5, 5.41) is 61.5. The summed E-state index contributed by atoms with van der Waals surface area (Å²) in [4.78, 5) is 0. The molecule has 8 N–H and O–H groups in total. The van der Waals surface area contributed by atoms with Crippen molar-refractivity contribution in [3.05, 3.63) is 88.8 Å². The molecule has 0 aliphatic heterocycles. The third-order valence-corrected chi connectivity index (χ3v) is 2.37. The summed E-state index contributed by atoms with van der Waals surface area (Å²) in [6.07, 6.45) is 3.51. The topological polar surface area (TPSA) is 248 Å². The summed E-state index contributed by atoms with van der Waals surface area (Å²) < 4.78 is 0.833. The van der Waals surface area contributed by atoms with Gasteiger partial charge >= 0.3 is 38.2 Å². The number of pyridine rings is 3. The van der Waals surface area contributed by atoms with Crippen LogP contribution in [0.5, 0.6) is 17.6 Å². The normalized spacial score (nSPS) is 7.71. The van der Waals surface area contributed by atoms with Crippen molar-refractivity contribution in [1.29, 1.82) is 0 Å². The zero-order valence-corrected chi connectivity index (χ0v) is 16.2. The summed E-state index contributed by atoms with van der Waals surface area (Å²) in [5.41, 5.74) is 0. The van der Waals surface area contributed by atoms with Crippen LogP contribution in [0.1, 0.15) is 0 Å². The quantitative estimate of drug-likeness (QED) is 0.152. The predicted molar refractivity (Wildman–Crippen MR) is 87.9 cm³/mol. The maximum atomic E-state index is 10.3. The van der Waals surface area contributed by atoms with E-state index in [1.54, 1.807) is 0 Å². The molecule has 0 saturated carbocycles. The van der Waals surface area contributed by atoms with Gasteiger partial charge in [0.05, 0.1) is 0 Å². The van der Waals surface area contributed by atoms with Gasteiger partial charge in [-0.1, -0.05) is 18.2 Å². The number of hydrogen-bond acceptors (Lipinski definition) is 6. The van der Waals surface area contributed by atoms with Crippen LogP contribution in [0.25, 0.3) is 0 Å². The fourth-order valence-corrected chi connectivity index (χ4v) is 1.24. The first kappa shape index (κ1) is 33.0. The molecule has 0 unspecified atom stereocenters. The van der Waals surface area contributed by atoms with E-state index in [9.17, 15) is 30.9 Å². The Kier molecular flexibility index (Phi) is 21.0. The van der Waals surface area contributed by atoms with Gasteiger partial charge in [-0.05, 0) is 18.2 Å². The van der Waals surface area contributed by atoms with Crippen molar-refractivity contribution in [3.63, 3.8) is 0 Å². The van der Waals surface area contributed by atoms with Crippen LogP contribution < -0.4 is 29.5 Å². The molecule has 3 aromatic heterocycles. The van der Waals surface area contributed by atoms with Gasteiger partial charge in [0.1, 0.15) is 0 Å². The van der Waals surface area contributed by atoms with Crippen LogP contribution in [0, 0.1) is 53.8 Å². The SMILES string of the molecule is O.[Dy+3].[O-]c1cccc[n+]1[O-].[O-]c1cccc[n+]1[O-].[O-]c1cccc[n+]1[O-].[OH3+].[OH3+]. The number of hydrogen-bond donors (Lipinski definition) is 0. The maximum absolute atomic E-state index is 10.3. The molecule has 3 heterocycles. The average Bonchev–Trinajstić information content (AvgIpc) is 2.57. The van der Waals surface area contributed by atoms with Gasteiger partial charge in [-0.15, -0.1) is 0 Å². The van der Waals surface area contributed by atoms with Crippen molar-refractivity contribution in [3.8, 4) is 17.6 Å². The second kappa shape index (κ2) is 17.8. The molecule has 0 aliphatic rings. The largest absolute Gasteiger partial charge is 3.00 e. The molecule has 157 valence electrons. The van der Waals surface area contributed by atoms with Crippen molar-refractivity contribution >= 4 is 0 Å². The predicted octanol–water partition coefficient (Wildman–Crippen LogP) is -4.49. The third kappa shape index (κ3) is 12.7. The molecule has 28 heavy (non-hydrogen) atoms. The minimum absolute atomic E-state index is 0. The summed E-state index contributed by atoms with van der Waals surface area (Å²) in [6.45, 7) is 0. The zero-order chi connectivity index (χ0) is 17.9. The van der Waals surface area contributed by atoms with Gasteiger partial charge in [-0.3, -0.25) is 0 Å². The Hall–Kier alpha value is -2.60. The Morgan fingerprint density at radius 1 is 0.500 bits per heavy atom. The smallest absolute Gasteiger partial charge is 0.822 e. The van der Waals surface area contributed by atoms with Gasteiger partial charge in [-0.2, -0.15) is 14.2 Å². The molecular formula is C15H20DyN3O9+2. The second-order valence-corrected chi connectivity index (χ2v) is 4.09. The minimum atomic E-state index is -0.521. The summed E-state index contributed by atoms with van der Waals surface area (Å²) in [6, 6.07) is 12.7. The Morgan fingerprint density at radius 2 is 0.714 bits per heavy atom. The molecule has 0 aliphatic carbocycles. The fraction of sp³-hybridized carbons (Fsp3) is 0. The van der Waals surface area contributed by atoms with Crippen molar-refractivity contribution in [2.75, 3.05) is 0 Å². The molecule has 0 spiro atoms. The van der Waals surface area contributed by atoms with E-state index in [0.717, 1.165) is 0 Å². The average molecular weight is 549 g/mol. The van der Waals surface area contributed by atoms with Crippen LogP contribution in [0.3, 0.4) is 0 Å². The first-order chi connectivity index (χ1) is 11.4. The van der Waals surface area contributed by atoms with Gasteiger partial charge in [0, 0.05) is 18.2 Å². The number of nitrogens with zero attached hydrogens (tertiary/aromatic N) is 3. The van der Waals surface area contributed by atoms with Crippen molar-refractivity contribution in [1.82, 2.24) is 0 Å². The van der Waals surface area contributed by atoms with Gasteiger partial charge in [0.25, 0.3) is 0 Å². The Morgan fingerprint density at radius 3 is 0.821 bits per heavy atom. The molecule has 3 rings (SSSR count). The van der Waals surface area contributed by atoms with E-state index in [4.69, 9.17) is 0 Å². The molecular weight excluding hydrogens is 529 g/mol. The summed E-state index contributed by atoms with van der Waals surface area (Å²) >= 11 is 0. The first-order valence-electron chi connectivity index (χ1n) is 6.47. The molecule has 0 amide bonds. The van der Waals surface area contributed by atoms with Crippen LogP contribution in [0.4, 0.5) is 0 Å². The first-order valence-corrected chi connectivity index (χ1v) is 6.47. The van der Waals surface area contributed by atoms with E-state index < -0.39 is 17.6 Å². The number of aromatic nitrogens is 3. The van der Waals surface area contributed by atoms with Crippen molar-refractivity contribution < 1.29 is 84.1 Å². The van der Waals surface area contributed by atoms with E-state index in [-0.39, 0.29) is 68.8 Å². The fourth-order valence-electron chi connectivity index (χ4n) is 1.24. The van der Waals surface area contributed by atoms with E-state index in [0.29, 0.717) is 0 Å². The molecule has 0 atom stereocenters. The minimum Gasteiger partial charge on any atom is -0.822 e. The van der Waals surface area contributed by atoms with Crippen LogP contribution in [-0.4, -0.2) is 5.48 Å². The van der Waals surface area contributed by atoms with Gasteiger partial charge < -0.3 is 47.4 Å². The van der Waals surface area contributed by atoms with E-state index >= 15 is 0 Å². The van der Waals surface area contributed by atoms with Gasteiger partial charge in [-0.25, -0.2) is 0 Å². The van der Waals surface area contributed by atoms with Crippen LogP contribution in [-0.2, 0) is 11.0 Å². The molecule has 3 aromatic rings. The van der Waals surface area contributed by atoms with E-state index in [1.807, 2.05) is 0 Å². The Bertz CT molecular complexity index is 615. The Balaban J connectivity index is -0.000000144. The molecule has 1 radical (unpaired) electrons. The molecule has 12 nitrogen and oxygen atoms in total. The standard InChI is InChI=1S/3C5H5NO2.Dy.3H2O/c3*7-5-3-1-2-4-6(5)8;;;;/h3*1-4,7H;;3*1H2/q;;;+3;;;/p-1. The zero-order valence-electron chi connectivity index (χ0n) is 14.2. The van der Waals surface area contributed by atoms with Crippen LogP contribution in [0.15, 0.2) is 73.2 Å². The van der Waals surface area contributed by atoms with Crippen molar-refractivity contribution in [2.24, 2.45) is 0 Å². The number of rotatable bonds is 0. The van der Waals surface area contributed by atoms with E-state index in [2.05, 4.69) is 0 Å².